The monoisotopic (exact) mass is 469 g/mol. The molecule has 3 N–H and O–H groups in total. The molecule has 10 heteroatoms. The van der Waals surface area contributed by atoms with E-state index in [1.54, 1.807) is 25.3 Å². The molecule has 2 atom stereocenters. The highest BCUT2D eigenvalue weighted by molar-refractivity contribution is 7.18. The average Bonchev–Trinajstić information content (AvgIpc) is 3.31. The van der Waals surface area contributed by atoms with E-state index in [-0.39, 0.29) is 11.8 Å². The highest BCUT2D eigenvalue weighted by Gasteiger charge is 2.27. The smallest absolute Gasteiger partial charge is 0.320 e. The van der Waals surface area contributed by atoms with Gasteiger partial charge in [0.1, 0.15) is 22.5 Å². The molecule has 3 amide bonds. The van der Waals surface area contributed by atoms with Crippen LogP contribution in [0.4, 0.5) is 15.6 Å². The SMILES string of the molecule is CC[C@@H](C)[C@H](NC(=O)Nc1ccc(OC)cc1OC)C(=O)Nc1nnc(-c2ccccc2)s1. The van der Waals surface area contributed by atoms with Crippen LogP contribution in [-0.4, -0.2) is 42.4 Å². The van der Waals surface area contributed by atoms with Gasteiger partial charge in [0.2, 0.25) is 11.0 Å². The summed E-state index contributed by atoms with van der Waals surface area (Å²) in [6.45, 7) is 3.85. The van der Waals surface area contributed by atoms with Crippen LogP contribution in [0.5, 0.6) is 11.5 Å². The molecule has 0 saturated carbocycles. The molecule has 33 heavy (non-hydrogen) atoms. The Balaban J connectivity index is 1.69. The normalized spacial score (nSPS) is 12.4. The van der Waals surface area contributed by atoms with Crippen molar-refractivity contribution in [2.75, 3.05) is 24.9 Å². The lowest BCUT2D eigenvalue weighted by Crippen LogP contribution is -2.49. The van der Waals surface area contributed by atoms with E-state index in [0.29, 0.717) is 33.7 Å². The number of methoxy groups -OCH3 is 2. The van der Waals surface area contributed by atoms with Crippen LogP contribution in [0.1, 0.15) is 20.3 Å². The second kappa shape index (κ2) is 11.3. The van der Waals surface area contributed by atoms with Crippen LogP contribution >= 0.6 is 11.3 Å². The van der Waals surface area contributed by atoms with Crippen molar-refractivity contribution in [1.82, 2.24) is 15.5 Å². The van der Waals surface area contributed by atoms with Gasteiger partial charge < -0.3 is 20.1 Å². The van der Waals surface area contributed by atoms with Gasteiger partial charge in [-0.25, -0.2) is 4.79 Å². The number of amides is 3. The highest BCUT2D eigenvalue weighted by atomic mass is 32.1. The van der Waals surface area contributed by atoms with E-state index < -0.39 is 12.1 Å². The Morgan fingerprint density at radius 3 is 2.45 bits per heavy atom. The fourth-order valence-electron chi connectivity index (χ4n) is 3.06. The third-order valence-corrected chi connectivity index (χ3v) is 6.00. The Labute approximate surface area is 196 Å². The first kappa shape index (κ1) is 24.0. The van der Waals surface area contributed by atoms with E-state index in [9.17, 15) is 9.59 Å². The molecule has 3 rings (SSSR count). The Morgan fingerprint density at radius 1 is 1.03 bits per heavy atom. The van der Waals surface area contributed by atoms with Crippen LogP contribution in [0.3, 0.4) is 0 Å². The molecule has 3 aromatic rings. The number of anilines is 2. The number of carbonyl (C=O) groups excluding carboxylic acids is 2. The summed E-state index contributed by atoms with van der Waals surface area (Å²) in [7, 11) is 3.05. The molecule has 0 unspecified atom stereocenters. The lowest BCUT2D eigenvalue weighted by molar-refractivity contribution is -0.119. The van der Waals surface area contributed by atoms with E-state index in [0.717, 1.165) is 5.56 Å². The van der Waals surface area contributed by atoms with E-state index >= 15 is 0 Å². The molecule has 0 aliphatic carbocycles. The number of urea groups is 1. The molecule has 0 spiro atoms. The van der Waals surface area contributed by atoms with Crippen LogP contribution in [0.2, 0.25) is 0 Å². The summed E-state index contributed by atoms with van der Waals surface area (Å²) in [5, 5.41) is 17.5. The summed E-state index contributed by atoms with van der Waals surface area (Å²) in [4.78, 5) is 25.7. The number of aromatic nitrogens is 2. The van der Waals surface area contributed by atoms with Gasteiger partial charge in [-0.05, 0) is 18.1 Å². The highest BCUT2D eigenvalue weighted by Crippen LogP contribution is 2.29. The van der Waals surface area contributed by atoms with E-state index in [2.05, 4.69) is 26.1 Å². The summed E-state index contributed by atoms with van der Waals surface area (Å²) in [6, 6.07) is 13.3. The summed E-state index contributed by atoms with van der Waals surface area (Å²) in [6.07, 6.45) is 0.690. The van der Waals surface area contributed by atoms with Crippen molar-refractivity contribution in [2.24, 2.45) is 5.92 Å². The zero-order chi connectivity index (χ0) is 23.8. The van der Waals surface area contributed by atoms with Gasteiger partial charge in [0.15, 0.2) is 0 Å². The minimum absolute atomic E-state index is 0.116. The van der Waals surface area contributed by atoms with Crippen molar-refractivity contribution in [3.8, 4) is 22.1 Å². The van der Waals surface area contributed by atoms with E-state index in [1.165, 1.54) is 18.4 Å². The Morgan fingerprint density at radius 2 is 1.79 bits per heavy atom. The number of carbonyl (C=O) groups is 2. The average molecular weight is 470 g/mol. The first-order chi connectivity index (χ1) is 15.9. The largest absolute Gasteiger partial charge is 0.497 e. The van der Waals surface area contributed by atoms with Crippen molar-refractivity contribution in [3.05, 3.63) is 48.5 Å². The summed E-state index contributed by atoms with van der Waals surface area (Å²) in [5.74, 6) is 0.560. The van der Waals surface area contributed by atoms with Gasteiger partial charge in [-0.15, -0.1) is 10.2 Å². The number of benzene rings is 2. The van der Waals surface area contributed by atoms with Gasteiger partial charge in [-0.3, -0.25) is 10.1 Å². The zero-order valence-corrected chi connectivity index (χ0v) is 19.7. The van der Waals surface area contributed by atoms with Gasteiger partial charge in [-0.1, -0.05) is 61.9 Å². The standard InChI is InChI=1S/C23H27N5O4S/c1-5-14(2)19(25-22(30)24-17-12-11-16(31-3)13-18(17)32-4)20(29)26-23-28-27-21(33-23)15-9-7-6-8-10-15/h6-14,19H,5H2,1-4H3,(H2,24,25,30)(H,26,28,29)/t14-,19+/m1/s1. The molecular formula is C23H27N5O4S. The van der Waals surface area contributed by atoms with Crippen LogP contribution < -0.4 is 25.4 Å². The maximum atomic E-state index is 13.0. The predicted octanol–water partition coefficient (Wildman–Crippen LogP) is 4.40. The van der Waals surface area contributed by atoms with E-state index in [4.69, 9.17) is 9.47 Å². The lowest BCUT2D eigenvalue weighted by Gasteiger charge is -2.23. The first-order valence-corrected chi connectivity index (χ1v) is 11.3. The number of ether oxygens (including phenoxy) is 2. The first-order valence-electron chi connectivity index (χ1n) is 10.4. The van der Waals surface area contributed by atoms with Gasteiger partial charge in [-0.2, -0.15) is 0 Å². The number of rotatable bonds is 9. The number of nitrogens with one attached hydrogen (secondary N) is 3. The van der Waals surface area contributed by atoms with Crippen LogP contribution in [0.25, 0.3) is 10.6 Å². The Kier molecular flexibility index (Phi) is 8.20. The maximum absolute atomic E-state index is 13.0. The molecular weight excluding hydrogens is 442 g/mol. The van der Waals surface area contributed by atoms with Gasteiger partial charge >= 0.3 is 6.03 Å². The molecule has 174 valence electrons. The molecule has 2 aromatic carbocycles. The minimum Gasteiger partial charge on any atom is -0.497 e. The molecule has 0 bridgehead atoms. The molecule has 0 aliphatic rings. The number of hydrogen-bond donors (Lipinski definition) is 3. The van der Waals surface area contributed by atoms with Gasteiger partial charge in [0.25, 0.3) is 0 Å². The van der Waals surface area contributed by atoms with Crippen molar-refractivity contribution in [1.29, 1.82) is 0 Å². The van der Waals surface area contributed by atoms with Gasteiger partial charge in [0.05, 0.1) is 19.9 Å². The van der Waals surface area contributed by atoms with E-state index in [1.807, 2.05) is 44.2 Å². The maximum Gasteiger partial charge on any atom is 0.320 e. The molecule has 9 nitrogen and oxygen atoms in total. The predicted molar refractivity (Wildman–Crippen MR) is 129 cm³/mol. The zero-order valence-electron chi connectivity index (χ0n) is 18.9. The third kappa shape index (κ3) is 6.19. The second-order valence-electron chi connectivity index (χ2n) is 7.30. The Hall–Kier alpha value is -3.66. The molecule has 0 aliphatic heterocycles. The lowest BCUT2D eigenvalue weighted by atomic mass is 9.98. The topological polar surface area (TPSA) is 114 Å². The van der Waals surface area contributed by atoms with Gasteiger partial charge in [0, 0.05) is 11.6 Å². The molecule has 1 heterocycles. The second-order valence-corrected chi connectivity index (χ2v) is 8.27. The quantitative estimate of drug-likeness (QED) is 0.428. The molecule has 0 saturated heterocycles. The molecule has 1 aromatic heterocycles. The summed E-state index contributed by atoms with van der Waals surface area (Å²) >= 11 is 1.27. The fraction of sp³-hybridized carbons (Fsp3) is 0.304. The summed E-state index contributed by atoms with van der Waals surface area (Å²) in [5.41, 5.74) is 1.37. The number of nitrogens with zero attached hydrogens (tertiary/aromatic N) is 2. The van der Waals surface area contributed by atoms with Crippen molar-refractivity contribution >= 4 is 34.1 Å². The van der Waals surface area contributed by atoms with Crippen molar-refractivity contribution in [2.45, 2.75) is 26.3 Å². The fourth-order valence-corrected chi connectivity index (χ4v) is 3.81. The molecule has 0 fully saturated rings. The third-order valence-electron chi connectivity index (χ3n) is 5.11. The van der Waals surface area contributed by atoms with Crippen molar-refractivity contribution < 1.29 is 19.1 Å². The summed E-state index contributed by atoms with van der Waals surface area (Å²) < 4.78 is 10.5. The number of hydrogen-bond acceptors (Lipinski definition) is 7. The molecule has 0 radical (unpaired) electrons. The van der Waals surface area contributed by atoms with Crippen molar-refractivity contribution in [3.63, 3.8) is 0 Å². The van der Waals surface area contributed by atoms with Crippen LogP contribution in [0, 0.1) is 5.92 Å². The Bertz CT molecular complexity index is 1090. The minimum atomic E-state index is -0.775. The van der Waals surface area contributed by atoms with Crippen LogP contribution in [-0.2, 0) is 4.79 Å². The van der Waals surface area contributed by atoms with Crippen LogP contribution in [0.15, 0.2) is 48.5 Å².